The van der Waals surface area contributed by atoms with Crippen LogP contribution in [0.25, 0.3) is 0 Å². The molecular weight excluding hydrogens is 396 g/mol. The van der Waals surface area contributed by atoms with Crippen LogP contribution in [-0.2, 0) is 16.6 Å². The van der Waals surface area contributed by atoms with Crippen molar-refractivity contribution < 1.29 is 13.2 Å². The molecule has 0 aliphatic carbocycles. The highest BCUT2D eigenvalue weighted by Crippen LogP contribution is 2.38. The molecule has 0 spiro atoms. The second-order valence-corrected chi connectivity index (χ2v) is 9.56. The molecule has 3 aromatic rings. The maximum Gasteiger partial charge on any atom is 0.343 e. The van der Waals surface area contributed by atoms with Gasteiger partial charge in [-0.25, -0.2) is 13.2 Å². The van der Waals surface area contributed by atoms with E-state index in [1.165, 1.54) is 0 Å². The van der Waals surface area contributed by atoms with Crippen LogP contribution in [0.3, 0.4) is 0 Å². The Bertz CT molecular complexity index is 1270. The first kappa shape index (κ1) is 20.2. The number of hydrogen-bond acceptors (Lipinski definition) is 3. The van der Waals surface area contributed by atoms with Gasteiger partial charge in [0.15, 0.2) is 0 Å². The third-order valence-electron chi connectivity index (χ3n) is 5.64. The number of nitrogens with zero attached hydrogens (tertiary/aromatic N) is 2. The Balaban J connectivity index is 1.89. The minimum absolute atomic E-state index is 0.133. The molecule has 0 bridgehead atoms. The van der Waals surface area contributed by atoms with Gasteiger partial charge in [0.05, 0.1) is 17.9 Å². The van der Waals surface area contributed by atoms with Crippen molar-refractivity contribution in [2.45, 2.75) is 39.1 Å². The van der Waals surface area contributed by atoms with Gasteiger partial charge in [-0.1, -0.05) is 42.0 Å². The summed E-state index contributed by atoms with van der Waals surface area (Å²) in [6.07, 6.45) is 0. The molecule has 0 aromatic heterocycles. The number of fused-ring (bicyclic) bond motifs is 1. The quantitative estimate of drug-likeness (QED) is 0.581. The number of rotatable bonds is 3. The van der Waals surface area contributed by atoms with Crippen LogP contribution in [0.4, 0.5) is 16.2 Å². The van der Waals surface area contributed by atoms with Crippen LogP contribution < -0.4 is 9.21 Å². The molecular formula is C24H24N2O3S. The molecule has 3 aromatic carbocycles. The molecule has 1 aliphatic rings. The Labute approximate surface area is 177 Å². The van der Waals surface area contributed by atoms with Gasteiger partial charge in [-0.2, -0.15) is 4.31 Å². The molecule has 0 radical (unpaired) electrons. The van der Waals surface area contributed by atoms with Crippen LogP contribution in [0.15, 0.2) is 65.6 Å². The van der Waals surface area contributed by atoms with E-state index in [4.69, 9.17) is 0 Å². The van der Waals surface area contributed by atoms with E-state index in [0.717, 1.165) is 32.1 Å². The molecule has 0 saturated carbocycles. The van der Waals surface area contributed by atoms with Gasteiger partial charge >= 0.3 is 6.03 Å². The van der Waals surface area contributed by atoms with Crippen molar-refractivity contribution in [1.29, 1.82) is 0 Å². The highest BCUT2D eigenvalue weighted by molar-refractivity contribution is 7.94. The summed E-state index contributed by atoms with van der Waals surface area (Å²) in [4.78, 5) is 15.3. The van der Waals surface area contributed by atoms with Crippen molar-refractivity contribution in [1.82, 2.24) is 0 Å². The van der Waals surface area contributed by atoms with Crippen molar-refractivity contribution in [3.05, 3.63) is 88.5 Å². The lowest BCUT2D eigenvalue weighted by Gasteiger charge is -2.36. The first-order valence-electron chi connectivity index (χ1n) is 9.79. The minimum atomic E-state index is -4.02. The highest BCUT2D eigenvalue weighted by Gasteiger charge is 2.42. The number of anilines is 2. The lowest BCUT2D eigenvalue weighted by Crippen LogP contribution is -2.50. The number of sulfonamides is 1. The van der Waals surface area contributed by atoms with E-state index >= 15 is 0 Å². The standard InChI is InChI=1S/C24H24N2O3S/c1-16-9-10-18(3)20(13-16)15-25-22-7-5-6-8-23(22)30(28,29)26(24(25)27)21-12-11-17(2)19(4)14-21/h5-14H,15H2,1-4H3. The average Bonchev–Trinajstić information content (AvgIpc) is 2.70. The van der Waals surface area contributed by atoms with Crippen LogP contribution in [0, 0.1) is 27.7 Å². The summed E-state index contributed by atoms with van der Waals surface area (Å²) in [5.74, 6) is 0. The Hall–Kier alpha value is -3.12. The lowest BCUT2D eigenvalue weighted by atomic mass is 10.0. The second kappa shape index (κ2) is 7.29. The van der Waals surface area contributed by atoms with Gasteiger partial charge < -0.3 is 0 Å². The third-order valence-corrected chi connectivity index (χ3v) is 7.39. The number of urea groups is 1. The molecule has 0 unspecified atom stereocenters. The van der Waals surface area contributed by atoms with Crippen molar-refractivity contribution in [3.63, 3.8) is 0 Å². The van der Waals surface area contributed by atoms with Crippen LogP contribution in [0.5, 0.6) is 0 Å². The first-order valence-corrected chi connectivity index (χ1v) is 11.2. The molecule has 6 heteroatoms. The number of carbonyl (C=O) groups is 1. The lowest BCUT2D eigenvalue weighted by molar-refractivity contribution is 0.253. The summed E-state index contributed by atoms with van der Waals surface area (Å²) in [6, 6.07) is 17.4. The van der Waals surface area contributed by atoms with Gasteiger partial charge in [0.25, 0.3) is 10.0 Å². The second-order valence-electron chi connectivity index (χ2n) is 7.80. The van der Waals surface area contributed by atoms with E-state index in [-0.39, 0.29) is 4.90 Å². The van der Waals surface area contributed by atoms with Gasteiger partial charge in [-0.3, -0.25) is 4.90 Å². The maximum absolute atomic E-state index is 13.6. The van der Waals surface area contributed by atoms with E-state index in [0.29, 0.717) is 17.9 Å². The van der Waals surface area contributed by atoms with Crippen molar-refractivity contribution in [2.75, 3.05) is 9.21 Å². The molecule has 1 heterocycles. The van der Waals surface area contributed by atoms with E-state index < -0.39 is 16.1 Å². The summed E-state index contributed by atoms with van der Waals surface area (Å²) < 4.78 is 27.7. The van der Waals surface area contributed by atoms with E-state index in [1.54, 1.807) is 41.3 Å². The SMILES string of the molecule is Cc1ccc(C)c(CN2C(=O)N(c3ccc(C)c(C)c3)S(=O)(=O)c3ccccc32)c1. The van der Waals surface area contributed by atoms with E-state index in [2.05, 4.69) is 0 Å². The molecule has 2 amide bonds. The average molecular weight is 421 g/mol. The Morgan fingerprint density at radius 3 is 2.23 bits per heavy atom. The fourth-order valence-electron chi connectivity index (χ4n) is 3.71. The Morgan fingerprint density at radius 2 is 1.50 bits per heavy atom. The van der Waals surface area contributed by atoms with Crippen LogP contribution >= 0.6 is 0 Å². The largest absolute Gasteiger partial charge is 0.343 e. The third kappa shape index (κ3) is 3.27. The van der Waals surface area contributed by atoms with Gasteiger partial charge in [0, 0.05) is 0 Å². The van der Waals surface area contributed by atoms with Gasteiger partial charge in [0.1, 0.15) is 4.90 Å². The van der Waals surface area contributed by atoms with Gasteiger partial charge in [0.2, 0.25) is 0 Å². The normalized spacial score (nSPS) is 15.3. The monoisotopic (exact) mass is 420 g/mol. The van der Waals surface area contributed by atoms with Crippen LogP contribution in [0.2, 0.25) is 0 Å². The molecule has 154 valence electrons. The van der Waals surface area contributed by atoms with Crippen LogP contribution in [0.1, 0.15) is 27.8 Å². The fourth-order valence-corrected chi connectivity index (χ4v) is 5.29. The predicted molar refractivity (Wildman–Crippen MR) is 120 cm³/mol. The molecule has 0 saturated heterocycles. The van der Waals surface area contributed by atoms with Crippen molar-refractivity contribution in [3.8, 4) is 0 Å². The van der Waals surface area contributed by atoms with Crippen molar-refractivity contribution >= 4 is 27.4 Å². The molecule has 30 heavy (non-hydrogen) atoms. The molecule has 1 aliphatic heterocycles. The molecule has 0 N–H and O–H groups in total. The smallest absolute Gasteiger partial charge is 0.287 e. The van der Waals surface area contributed by atoms with Crippen molar-refractivity contribution in [2.24, 2.45) is 0 Å². The predicted octanol–water partition coefficient (Wildman–Crippen LogP) is 5.26. The number of carbonyl (C=O) groups excluding carboxylic acids is 1. The van der Waals surface area contributed by atoms with Crippen LogP contribution in [-0.4, -0.2) is 14.4 Å². The summed E-state index contributed by atoms with van der Waals surface area (Å²) in [6.45, 7) is 8.14. The first-order chi connectivity index (χ1) is 14.2. The molecule has 4 rings (SSSR count). The Kier molecular flexibility index (Phi) is 4.90. The number of benzene rings is 3. The number of aryl methyl sites for hydroxylation is 4. The molecule has 0 atom stereocenters. The summed E-state index contributed by atoms with van der Waals surface area (Å²) in [7, 11) is -4.02. The number of para-hydroxylation sites is 1. The zero-order valence-corrected chi connectivity index (χ0v) is 18.3. The Morgan fingerprint density at radius 1 is 0.800 bits per heavy atom. The fraction of sp³-hybridized carbons (Fsp3) is 0.208. The molecule has 0 fully saturated rings. The number of amides is 2. The van der Waals surface area contributed by atoms with E-state index in [9.17, 15) is 13.2 Å². The number of hydrogen-bond donors (Lipinski definition) is 0. The zero-order chi connectivity index (χ0) is 21.6. The summed E-state index contributed by atoms with van der Waals surface area (Å²) in [5, 5.41) is 0. The molecule has 5 nitrogen and oxygen atoms in total. The summed E-state index contributed by atoms with van der Waals surface area (Å²) >= 11 is 0. The minimum Gasteiger partial charge on any atom is -0.287 e. The topological polar surface area (TPSA) is 57.7 Å². The van der Waals surface area contributed by atoms with E-state index in [1.807, 2.05) is 52.0 Å². The maximum atomic E-state index is 13.6. The summed E-state index contributed by atoms with van der Waals surface area (Å²) in [5.41, 5.74) is 5.84. The highest BCUT2D eigenvalue weighted by atomic mass is 32.2. The van der Waals surface area contributed by atoms with Gasteiger partial charge in [-0.15, -0.1) is 0 Å². The zero-order valence-electron chi connectivity index (χ0n) is 17.5. The van der Waals surface area contributed by atoms with Gasteiger partial charge in [-0.05, 0) is 74.2 Å².